The third-order valence-electron chi connectivity index (χ3n) is 2.00. The summed E-state index contributed by atoms with van der Waals surface area (Å²) in [6, 6.07) is 0. The number of carbonyl (C=O) groups excluding carboxylic acids is 1. The van der Waals surface area contributed by atoms with Crippen molar-refractivity contribution in [1.29, 1.82) is 0 Å². The number of nitrogens with two attached hydrogens (primary N) is 2. The maximum Gasteiger partial charge on any atom is 0.238 e. The Morgan fingerprint density at radius 1 is 1.27 bits per heavy atom. The summed E-state index contributed by atoms with van der Waals surface area (Å²) in [4.78, 5) is 23.8. The number of nitrogens with zero attached hydrogens (tertiary/aromatic N) is 4. The molecule has 15 heavy (non-hydrogen) atoms. The molecule has 2 rings (SSSR count). The van der Waals surface area contributed by atoms with Crippen LogP contribution in [0.2, 0.25) is 0 Å². The van der Waals surface area contributed by atoms with E-state index < -0.39 is 6.10 Å². The molecule has 5 N–H and O–H groups in total. The van der Waals surface area contributed by atoms with E-state index in [4.69, 9.17) is 11.5 Å². The lowest BCUT2D eigenvalue weighted by Gasteiger charge is -2.13. The first-order chi connectivity index (χ1) is 7.06. The fraction of sp³-hybridized carbons (Fsp3) is 0.429. The summed E-state index contributed by atoms with van der Waals surface area (Å²) in [6.45, 7) is 0.154. The average molecular weight is 210 g/mol. The highest BCUT2D eigenvalue weighted by atomic mass is 16.3. The standard InChI is InChI=1S/C7H10N6O2/c8-5-10-6(9)12-7(11-5)13-2-3(14)1-4(13)15/h3,14H,1-2H2,(H4,8,9,10,11,12). The van der Waals surface area contributed by atoms with Crippen LogP contribution in [0, 0.1) is 0 Å². The smallest absolute Gasteiger partial charge is 0.238 e. The Bertz CT molecular complexity index is 388. The van der Waals surface area contributed by atoms with Crippen LogP contribution in [0.3, 0.4) is 0 Å². The molecule has 0 aliphatic carbocycles. The van der Waals surface area contributed by atoms with Crippen LogP contribution in [0.25, 0.3) is 0 Å². The molecule has 1 aliphatic heterocycles. The molecule has 2 heterocycles. The SMILES string of the molecule is Nc1nc(N)nc(N2CC(O)CC2=O)n1. The highest BCUT2D eigenvalue weighted by molar-refractivity contribution is 5.94. The second-order valence-electron chi connectivity index (χ2n) is 3.21. The van der Waals surface area contributed by atoms with Crippen molar-refractivity contribution in [3.8, 4) is 0 Å². The third-order valence-corrected chi connectivity index (χ3v) is 2.00. The van der Waals surface area contributed by atoms with E-state index in [1.54, 1.807) is 0 Å². The minimum absolute atomic E-state index is 0.0494. The molecule has 0 saturated carbocycles. The minimum atomic E-state index is -0.697. The van der Waals surface area contributed by atoms with Gasteiger partial charge < -0.3 is 16.6 Å². The number of rotatable bonds is 1. The Kier molecular flexibility index (Phi) is 2.12. The highest BCUT2D eigenvalue weighted by Gasteiger charge is 2.31. The maximum absolute atomic E-state index is 11.4. The van der Waals surface area contributed by atoms with Gasteiger partial charge in [-0.25, -0.2) is 0 Å². The Balaban J connectivity index is 2.33. The van der Waals surface area contributed by atoms with Gasteiger partial charge in [0.1, 0.15) is 0 Å². The average Bonchev–Trinajstić information content (AvgIpc) is 2.43. The lowest BCUT2D eigenvalue weighted by Crippen LogP contribution is -2.28. The molecule has 8 nitrogen and oxygen atoms in total. The third kappa shape index (κ3) is 1.79. The van der Waals surface area contributed by atoms with Gasteiger partial charge >= 0.3 is 0 Å². The number of hydrogen-bond donors (Lipinski definition) is 3. The largest absolute Gasteiger partial charge is 0.391 e. The van der Waals surface area contributed by atoms with Crippen molar-refractivity contribution in [2.45, 2.75) is 12.5 Å². The monoisotopic (exact) mass is 210 g/mol. The first kappa shape index (κ1) is 9.59. The van der Waals surface area contributed by atoms with Crippen molar-refractivity contribution in [1.82, 2.24) is 15.0 Å². The van der Waals surface area contributed by atoms with Gasteiger partial charge in [0.05, 0.1) is 19.1 Å². The maximum atomic E-state index is 11.4. The lowest BCUT2D eigenvalue weighted by molar-refractivity contribution is -0.117. The Labute approximate surface area is 84.9 Å². The van der Waals surface area contributed by atoms with E-state index >= 15 is 0 Å². The molecule has 80 valence electrons. The summed E-state index contributed by atoms with van der Waals surface area (Å²) >= 11 is 0. The van der Waals surface area contributed by atoms with Crippen LogP contribution < -0.4 is 16.4 Å². The normalized spacial score (nSPS) is 21.0. The molecular formula is C7H10N6O2. The molecule has 0 radical (unpaired) electrons. The van der Waals surface area contributed by atoms with E-state index in [9.17, 15) is 9.90 Å². The summed E-state index contributed by atoms with van der Waals surface area (Å²) in [5, 5.41) is 9.27. The zero-order valence-electron chi connectivity index (χ0n) is 7.79. The van der Waals surface area contributed by atoms with Crippen LogP contribution in [-0.2, 0) is 4.79 Å². The van der Waals surface area contributed by atoms with Gasteiger partial charge in [-0.05, 0) is 0 Å². The molecule has 0 aromatic carbocycles. The van der Waals surface area contributed by atoms with Gasteiger partial charge in [-0.1, -0.05) is 0 Å². The van der Waals surface area contributed by atoms with E-state index in [0.717, 1.165) is 0 Å². The molecule has 1 fully saturated rings. The number of hydrogen-bond acceptors (Lipinski definition) is 7. The van der Waals surface area contributed by atoms with Crippen LogP contribution >= 0.6 is 0 Å². The number of nitrogen functional groups attached to an aromatic ring is 2. The highest BCUT2D eigenvalue weighted by Crippen LogP contribution is 2.18. The van der Waals surface area contributed by atoms with Gasteiger partial charge in [0, 0.05) is 0 Å². The number of aromatic nitrogens is 3. The van der Waals surface area contributed by atoms with Crippen molar-refractivity contribution >= 4 is 23.8 Å². The molecule has 8 heteroatoms. The number of aliphatic hydroxyl groups is 1. The summed E-state index contributed by atoms with van der Waals surface area (Å²) in [5.41, 5.74) is 10.7. The molecule has 1 aromatic rings. The first-order valence-electron chi connectivity index (χ1n) is 4.31. The van der Waals surface area contributed by atoms with Gasteiger partial charge in [-0.2, -0.15) is 15.0 Å². The summed E-state index contributed by atoms with van der Waals surface area (Å²) in [6.07, 6.45) is -0.636. The van der Waals surface area contributed by atoms with Gasteiger partial charge in [-0.3, -0.25) is 9.69 Å². The van der Waals surface area contributed by atoms with E-state index in [0.29, 0.717) is 0 Å². The first-order valence-corrected chi connectivity index (χ1v) is 4.31. The lowest BCUT2D eigenvalue weighted by atomic mass is 10.3. The Morgan fingerprint density at radius 3 is 2.33 bits per heavy atom. The van der Waals surface area contributed by atoms with Gasteiger partial charge in [0.25, 0.3) is 0 Å². The molecular weight excluding hydrogens is 200 g/mol. The number of carbonyl (C=O) groups is 1. The van der Waals surface area contributed by atoms with Gasteiger partial charge in [0.2, 0.25) is 23.8 Å². The van der Waals surface area contributed by atoms with E-state index in [1.165, 1.54) is 4.90 Å². The predicted octanol–water partition coefficient (Wildman–Crippen LogP) is -1.87. The molecule has 1 atom stereocenters. The van der Waals surface area contributed by atoms with E-state index in [1.807, 2.05) is 0 Å². The van der Waals surface area contributed by atoms with Crippen LogP contribution in [0.1, 0.15) is 6.42 Å². The quantitative estimate of drug-likeness (QED) is 0.495. The molecule has 1 aromatic heterocycles. The molecule has 1 amide bonds. The summed E-state index contributed by atoms with van der Waals surface area (Å²) in [5.74, 6) is -0.271. The molecule has 1 aliphatic rings. The van der Waals surface area contributed by atoms with Crippen molar-refractivity contribution in [2.24, 2.45) is 0 Å². The Morgan fingerprint density at radius 2 is 1.87 bits per heavy atom. The van der Waals surface area contributed by atoms with Crippen molar-refractivity contribution in [3.63, 3.8) is 0 Å². The zero-order chi connectivity index (χ0) is 11.0. The van der Waals surface area contributed by atoms with Gasteiger partial charge in [0.15, 0.2) is 0 Å². The van der Waals surface area contributed by atoms with Crippen molar-refractivity contribution in [2.75, 3.05) is 22.9 Å². The van der Waals surface area contributed by atoms with Crippen LogP contribution in [0.4, 0.5) is 17.8 Å². The fourth-order valence-corrected chi connectivity index (χ4v) is 1.40. The van der Waals surface area contributed by atoms with Crippen LogP contribution in [0.5, 0.6) is 0 Å². The number of amides is 1. The minimum Gasteiger partial charge on any atom is -0.391 e. The van der Waals surface area contributed by atoms with Gasteiger partial charge in [-0.15, -0.1) is 0 Å². The fourth-order valence-electron chi connectivity index (χ4n) is 1.40. The Hall–Kier alpha value is -1.96. The second-order valence-corrected chi connectivity index (χ2v) is 3.21. The number of anilines is 3. The molecule has 1 saturated heterocycles. The predicted molar refractivity (Wildman–Crippen MR) is 51.6 cm³/mol. The molecule has 0 spiro atoms. The topological polar surface area (TPSA) is 131 Å². The molecule has 1 unspecified atom stereocenters. The zero-order valence-corrected chi connectivity index (χ0v) is 7.79. The van der Waals surface area contributed by atoms with Crippen molar-refractivity contribution in [3.05, 3.63) is 0 Å². The van der Waals surface area contributed by atoms with Crippen molar-refractivity contribution < 1.29 is 9.90 Å². The van der Waals surface area contributed by atoms with Crippen LogP contribution in [0.15, 0.2) is 0 Å². The summed E-state index contributed by atoms with van der Waals surface area (Å²) in [7, 11) is 0. The van der Waals surface area contributed by atoms with E-state index in [-0.39, 0.29) is 36.7 Å². The number of β-amino-alcohol motifs (C(OH)–C–C–N with tert-alkyl or cyclic N) is 1. The number of aliphatic hydroxyl groups excluding tert-OH is 1. The van der Waals surface area contributed by atoms with Crippen LogP contribution in [-0.4, -0.2) is 38.6 Å². The molecule has 0 bridgehead atoms. The summed E-state index contributed by atoms with van der Waals surface area (Å²) < 4.78 is 0. The second kappa shape index (κ2) is 3.31. The van der Waals surface area contributed by atoms with E-state index in [2.05, 4.69) is 15.0 Å².